The fraction of sp³-hybridized carbons (Fsp3) is 0.500. The summed E-state index contributed by atoms with van der Waals surface area (Å²) in [7, 11) is 1.57. The van der Waals surface area contributed by atoms with Crippen LogP contribution in [0.3, 0.4) is 0 Å². The number of aryl methyl sites for hydroxylation is 1. The number of amides is 3. The minimum Gasteiger partial charge on any atom is -0.497 e. The van der Waals surface area contributed by atoms with E-state index < -0.39 is 11.9 Å². The molecule has 1 atom stereocenters. The predicted molar refractivity (Wildman–Crippen MR) is 94.4 cm³/mol. The van der Waals surface area contributed by atoms with Crippen LogP contribution in [-0.4, -0.2) is 37.4 Å². The number of anilines is 1. The van der Waals surface area contributed by atoms with E-state index in [1.165, 1.54) is 0 Å². The van der Waals surface area contributed by atoms with E-state index >= 15 is 0 Å². The highest BCUT2D eigenvalue weighted by Gasteiger charge is 2.18. The average Bonchev–Trinajstić information content (AvgIpc) is 2.60. The molecule has 1 heterocycles. The summed E-state index contributed by atoms with van der Waals surface area (Å²) >= 11 is 0. The number of hydrogen-bond donors (Lipinski definition) is 3. The van der Waals surface area contributed by atoms with Gasteiger partial charge < -0.3 is 20.7 Å². The number of methoxy groups -OCH3 is 1. The number of hydrogen-bond acceptors (Lipinski definition) is 4. The minimum atomic E-state index is -0.714. The second-order valence-electron chi connectivity index (χ2n) is 6.14. The number of nitrogens with one attached hydrogen (secondary N) is 3. The molecular formula is C18H25N3O4. The molecule has 3 amide bonds. The van der Waals surface area contributed by atoms with Crippen molar-refractivity contribution < 1.29 is 19.1 Å². The predicted octanol–water partition coefficient (Wildman–Crippen LogP) is 1.37. The van der Waals surface area contributed by atoms with Crippen LogP contribution in [0.15, 0.2) is 18.2 Å². The van der Waals surface area contributed by atoms with Crippen molar-refractivity contribution >= 4 is 23.4 Å². The third-order valence-corrected chi connectivity index (χ3v) is 4.14. The van der Waals surface area contributed by atoms with Gasteiger partial charge in [-0.2, -0.15) is 0 Å². The Kier molecular flexibility index (Phi) is 6.80. The van der Waals surface area contributed by atoms with E-state index in [1.807, 2.05) is 12.1 Å². The summed E-state index contributed by atoms with van der Waals surface area (Å²) in [5.74, 6) is -0.198. The summed E-state index contributed by atoms with van der Waals surface area (Å²) < 4.78 is 5.23. The van der Waals surface area contributed by atoms with Crippen molar-refractivity contribution in [2.24, 2.45) is 0 Å². The fourth-order valence-corrected chi connectivity index (χ4v) is 2.66. The average molecular weight is 347 g/mol. The molecule has 7 heteroatoms. The van der Waals surface area contributed by atoms with E-state index in [0.29, 0.717) is 17.9 Å². The molecule has 0 unspecified atom stereocenters. The zero-order valence-electron chi connectivity index (χ0n) is 14.7. The summed E-state index contributed by atoms with van der Waals surface area (Å²) in [5, 5.41) is 8.02. The molecule has 0 saturated carbocycles. The highest BCUT2D eigenvalue weighted by atomic mass is 16.5. The Morgan fingerprint density at radius 3 is 2.56 bits per heavy atom. The van der Waals surface area contributed by atoms with Crippen molar-refractivity contribution in [1.82, 2.24) is 10.6 Å². The Balaban J connectivity index is 2.19. The lowest BCUT2D eigenvalue weighted by molar-refractivity contribution is -0.128. The van der Waals surface area contributed by atoms with Crippen molar-refractivity contribution in [3.63, 3.8) is 0 Å². The molecule has 0 fully saturated rings. The van der Waals surface area contributed by atoms with Gasteiger partial charge in [0.1, 0.15) is 11.8 Å². The van der Waals surface area contributed by atoms with Crippen LogP contribution in [0.25, 0.3) is 0 Å². The molecule has 7 nitrogen and oxygen atoms in total. The maximum Gasteiger partial charge on any atom is 0.246 e. The number of rotatable bonds is 1. The summed E-state index contributed by atoms with van der Waals surface area (Å²) in [6.07, 6.45) is 3.77. The van der Waals surface area contributed by atoms with Crippen LogP contribution >= 0.6 is 0 Å². The number of benzene rings is 1. The summed E-state index contributed by atoms with van der Waals surface area (Å²) in [6, 6.07) is 4.86. The maximum absolute atomic E-state index is 12.4. The molecule has 0 spiro atoms. The maximum atomic E-state index is 12.4. The van der Waals surface area contributed by atoms with Gasteiger partial charge >= 0.3 is 0 Å². The molecule has 1 aromatic carbocycles. The highest BCUT2D eigenvalue weighted by Crippen LogP contribution is 2.24. The number of ether oxygens (including phenoxy) is 1. The van der Waals surface area contributed by atoms with Crippen molar-refractivity contribution in [2.75, 3.05) is 19.0 Å². The summed E-state index contributed by atoms with van der Waals surface area (Å²) in [4.78, 5) is 35.9. The molecule has 1 aliphatic heterocycles. The Morgan fingerprint density at radius 1 is 1.04 bits per heavy atom. The monoisotopic (exact) mass is 347 g/mol. The molecule has 1 aromatic rings. The van der Waals surface area contributed by atoms with Gasteiger partial charge in [0.2, 0.25) is 17.7 Å². The second kappa shape index (κ2) is 9.05. The molecule has 1 aliphatic rings. The summed E-state index contributed by atoms with van der Waals surface area (Å²) in [5.41, 5.74) is 1.70. The lowest BCUT2D eigenvalue weighted by atomic mass is 10.0. The van der Waals surface area contributed by atoms with Gasteiger partial charge in [0, 0.05) is 18.2 Å². The van der Waals surface area contributed by atoms with Gasteiger partial charge in [-0.1, -0.05) is 12.5 Å². The van der Waals surface area contributed by atoms with Crippen molar-refractivity contribution in [3.8, 4) is 5.75 Å². The molecule has 0 saturated heterocycles. The first-order valence-electron chi connectivity index (χ1n) is 8.53. The minimum absolute atomic E-state index is 0.124. The van der Waals surface area contributed by atoms with Crippen LogP contribution in [0.5, 0.6) is 5.75 Å². The first-order chi connectivity index (χ1) is 12.0. The SMILES string of the molecule is COc1ccc2c(c1)NC(=O)[C@@H](C)NC(=O)CNC(=O)CCCCC2. The standard InChI is InChI=1S/C18H25N3O4/c1-12-18(24)21-15-10-14(25-2)9-8-13(15)6-4-3-5-7-16(22)19-11-17(23)20-12/h8-10,12H,3-7,11H2,1-2H3,(H,19,22)(H,20,23)(H,21,24)/t12-/m1/s1. The lowest BCUT2D eigenvalue weighted by Gasteiger charge is -2.17. The molecule has 25 heavy (non-hydrogen) atoms. The van der Waals surface area contributed by atoms with E-state index in [4.69, 9.17) is 4.74 Å². The van der Waals surface area contributed by atoms with Gasteiger partial charge in [0.15, 0.2) is 0 Å². The van der Waals surface area contributed by atoms with E-state index in [-0.39, 0.29) is 18.4 Å². The topological polar surface area (TPSA) is 96.5 Å². The Labute approximate surface area is 147 Å². The Morgan fingerprint density at radius 2 is 1.80 bits per heavy atom. The van der Waals surface area contributed by atoms with Crippen LogP contribution in [0.1, 0.15) is 38.2 Å². The van der Waals surface area contributed by atoms with Crippen molar-refractivity contribution in [3.05, 3.63) is 23.8 Å². The van der Waals surface area contributed by atoms with Crippen LogP contribution in [0, 0.1) is 0 Å². The molecule has 3 N–H and O–H groups in total. The number of carbonyl (C=O) groups excluding carboxylic acids is 3. The molecule has 2 rings (SSSR count). The molecule has 0 aliphatic carbocycles. The first kappa shape index (κ1) is 18.8. The third-order valence-electron chi connectivity index (χ3n) is 4.14. The largest absolute Gasteiger partial charge is 0.497 e. The Hall–Kier alpha value is -2.57. The second-order valence-corrected chi connectivity index (χ2v) is 6.14. The molecule has 0 aromatic heterocycles. The van der Waals surface area contributed by atoms with E-state index in [9.17, 15) is 14.4 Å². The smallest absolute Gasteiger partial charge is 0.246 e. The lowest BCUT2D eigenvalue weighted by Crippen LogP contribution is -2.45. The molecular weight excluding hydrogens is 322 g/mol. The summed E-state index contributed by atoms with van der Waals surface area (Å²) in [6.45, 7) is 1.48. The van der Waals surface area contributed by atoms with Crippen LogP contribution < -0.4 is 20.7 Å². The quantitative estimate of drug-likeness (QED) is 0.715. The van der Waals surface area contributed by atoms with E-state index in [1.54, 1.807) is 20.1 Å². The zero-order chi connectivity index (χ0) is 18.2. The normalized spacial score (nSPS) is 20.2. The van der Waals surface area contributed by atoms with Gasteiger partial charge in [-0.25, -0.2) is 0 Å². The van der Waals surface area contributed by atoms with Gasteiger partial charge in [0.25, 0.3) is 0 Å². The third kappa shape index (κ3) is 5.77. The first-order valence-corrected chi connectivity index (χ1v) is 8.53. The van der Waals surface area contributed by atoms with Crippen LogP contribution in [0.4, 0.5) is 5.69 Å². The van der Waals surface area contributed by atoms with Gasteiger partial charge in [-0.3, -0.25) is 14.4 Å². The van der Waals surface area contributed by atoms with Crippen LogP contribution in [0.2, 0.25) is 0 Å². The molecule has 0 radical (unpaired) electrons. The van der Waals surface area contributed by atoms with Crippen molar-refractivity contribution in [1.29, 1.82) is 0 Å². The Bertz CT molecular complexity index is 645. The van der Waals surface area contributed by atoms with E-state index in [0.717, 1.165) is 31.2 Å². The van der Waals surface area contributed by atoms with Gasteiger partial charge in [-0.15, -0.1) is 0 Å². The molecule has 0 bridgehead atoms. The van der Waals surface area contributed by atoms with Crippen LogP contribution in [-0.2, 0) is 20.8 Å². The number of fused-ring (bicyclic) bond motifs is 1. The fourth-order valence-electron chi connectivity index (χ4n) is 2.66. The highest BCUT2D eigenvalue weighted by molar-refractivity contribution is 5.98. The van der Waals surface area contributed by atoms with E-state index in [2.05, 4.69) is 16.0 Å². The van der Waals surface area contributed by atoms with Gasteiger partial charge in [-0.05, 0) is 37.8 Å². The van der Waals surface area contributed by atoms with Crippen molar-refractivity contribution in [2.45, 2.75) is 45.1 Å². The zero-order valence-corrected chi connectivity index (χ0v) is 14.7. The molecule has 136 valence electrons. The van der Waals surface area contributed by atoms with Gasteiger partial charge in [0.05, 0.1) is 13.7 Å². The number of carbonyl (C=O) groups is 3.